The molecule has 0 aliphatic carbocycles. The van der Waals surface area contributed by atoms with E-state index >= 15 is 0 Å². The fraction of sp³-hybridized carbons (Fsp3) is 0.867. The number of unbranched alkanes of at least 4 members (excludes halogenated alkanes) is 7. The van der Waals surface area contributed by atoms with E-state index in [0.717, 1.165) is 37.9 Å². The zero-order valence-electron chi connectivity index (χ0n) is 13.1. The summed E-state index contributed by atoms with van der Waals surface area (Å²) in [5.74, 6) is 0.0277. The molecule has 0 unspecified atom stereocenters. The van der Waals surface area contributed by atoms with Gasteiger partial charge in [0.25, 0.3) is 0 Å². The molecule has 0 atom stereocenters. The molecule has 0 saturated heterocycles. The molecule has 0 bridgehead atoms. The van der Waals surface area contributed by atoms with E-state index in [1.807, 2.05) is 6.92 Å². The molecule has 5 heteroatoms. The van der Waals surface area contributed by atoms with Crippen LogP contribution in [0.15, 0.2) is 0 Å². The van der Waals surface area contributed by atoms with Crippen LogP contribution in [0, 0.1) is 0 Å². The Morgan fingerprint density at radius 2 is 1.35 bits per heavy atom. The fourth-order valence-electron chi connectivity index (χ4n) is 1.89. The quantitative estimate of drug-likeness (QED) is 0.363. The molecule has 20 heavy (non-hydrogen) atoms. The molecule has 0 saturated carbocycles. The van der Waals surface area contributed by atoms with E-state index in [9.17, 15) is 14.7 Å². The van der Waals surface area contributed by atoms with Crippen LogP contribution in [-0.4, -0.2) is 16.8 Å². The minimum absolute atomic E-state index is 0. The van der Waals surface area contributed by atoms with Crippen LogP contribution in [0.3, 0.4) is 0 Å². The van der Waals surface area contributed by atoms with Crippen LogP contribution >= 0.6 is 11.8 Å². The maximum absolute atomic E-state index is 11.2. The predicted molar refractivity (Wildman–Crippen MR) is 78.9 cm³/mol. The Bertz CT molecular complexity index is 247. The summed E-state index contributed by atoms with van der Waals surface area (Å²) in [4.78, 5) is 21.4. The second kappa shape index (κ2) is 17.5. The Hall–Kier alpha value is 0.490. The first-order chi connectivity index (χ1) is 9.16. The van der Waals surface area contributed by atoms with Crippen molar-refractivity contribution in [2.75, 3.05) is 5.75 Å². The summed E-state index contributed by atoms with van der Waals surface area (Å²) in [6.45, 7) is 2.03. The number of carboxylic acid groups (broad SMARTS) is 1. The van der Waals surface area contributed by atoms with Crippen molar-refractivity contribution in [3.8, 4) is 0 Å². The number of carbonyl (C=O) groups is 2. The van der Waals surface area contributed by atoms with Gasteiger partial charge in [-0.15, -0.1) is 0 Å². The van der Waals surface area contributed by atoms with Crippen molar-refractivity contribution in [3.05, 3.63) is 0 Å². The van der Waals surface area contributed by atoms with Crippen LogP contribution in [0.25, 0.3) is 0 Å². The second-order valence-corrected chi connectivity index (χ2v) is 6.07. The van der Waals surface area contributed by atoms with E-state index in [-0.39, 0.29) is 36.0 Å². The van der Waals surface area contributed by atoms with Crippen molar-refractivity contribution in [1.82, 2.24) is 0 Å². The molecule has 0 radical (unpaired) electrons. The molecule has 0 aromatic carbocycles. The van der Waals surface area contributed by atoms with Gasteiger partial charge in [0.1, 0.15) is 0 Å². The second-order valence-electron chi connectivity index (χ2n) is 4.92. The summed E-state index contributed by atoms with van der Waals surface area (Å²) in [6, 6.07) is 0. The molecule has 0 N–H and O–H groups in total. The Kier molecular flexibility index (Phi) is 20.0. The Balaban J connectivity index is 0. The van der Waals surface area contributed by atoms with Crippen molar-refractivity contribution in [2.24, 2.45) is 0 Å². The van der Waals surface area contributed by atoms with Crippen LogP contribution < -0.4 is 34.7 Å². The first-order valence-corrected chi connectivity index (χ1v) is 8.50. The average molecular weight is 310 g/mol. The summed E-state index contributed by atoms with van der Waals surface area (Å²) in [5.41, 5.74) is 0. The van der Waals surface area contributed by atoms with Gasteiger partial charge in [0, 0.05) is 18.1 Å². The van der Waals surface area contributed by atoms with Gasteiger partial charge in [-0.2, -0.15) is 0 Å². The molecule has 0 spiro atoms. The molecule has 0 heterocycles. The summed E-state index contributed by atoms with van der Waals surface area (Å²) in [5, 5.41) is 10.5. The standard InChI is InChI=1S/C15H28O3S.Na/c1-2-11-15(18)19-13-10-8-6-4-3-5-7-9-12-14(16)17;/h2-13H2,1H3,(H,16,17);/q;+1/p-1. The Labute approximate surface area is 150 Å². The summed E-state index contributed by atoms with van der Waals surface area (Å²) >= 11 is 1.48. The third-order valence-electron chi connectivity index (χ3n) is 2.99. The van der Waals surface area contributed by atoms with E-state index in [1.165, 1.54) is 37.4 Å². The van der Waals surface area contributed by atoms with Crippen LogP contribution in [0.2, 0.25) is 0 Å². The molecule has 0 fully saturated rings. The van der Waals surface area contributed by atoms with Gasteiger partial charge in [-0.3, -0.25) is 4.79 Å². The number of rotatable bonds is 13. The largest absolute Gasteiger partial charge is 1.00 e. The van der Waals surface area contributed by atoms with Crippen LogP contribution in [0.5, 0.6) is 0 Å². The number of thioether (sulfide) groups is 1. The number of hydrogen-bond acceptors (Lipinski definition) is 4. The molecular weight excluding hydrogens is 283 g/mol. The molecule has 0 aromatic heterocycles. The minimum Gasteiger partial charge on any atom is -0.550 e. The Morgan fingerprint density at radius 3 is 1.85 bits per heavy atom. The first kappa shape index (κ1) is 22.8. The van der Waals surface area contributed by atoms with E-state index in [0.29, 0.717) is 11.5 Å². The van der Waals surface area contributed by atoms with Gasteiger partial charge in [0.2, 0.25) is 0 Å². The van der Waals surface area contributed by atoms with Gasteiger partial charge in [-0.1, -0.05) is 57.2 Å². The molecule has 0 aliphatic rings. The topological polar surface area (TPSA) is 57.2 Å². The van der Waals surface area contributed by atoms with E-state index in [1.54, 1.807) is 0 Å². The molecule has 3 nitrogen and oxygen atoms in total. The summed E-state index contributed by atoms with van der Waals surface area (Å²) in [6.07, 6.45) is 10.7. The number of aliphatic carboxylic acids is 1. The maximum Gasteiger partial charge on any atom is 1.00 e. The minimum atomic E-state index is -0.935. The van der Waals surface area contributed by atoms with Gasteiger partial charge in [-0.05, 0) is 25.7 Å². The van der Waals surface area contributed by atoms with Crippen molar-refractivity contribution in [2.45, 2.75) is 77.6 Å². The third-order valence-corrected chi connectivity index (χ3v) is 4.01. The SMILES string of the molecule is CCCC(=O)SCCCCCCCCCCC(=O)[O-].[Na+]. The molecule has 112 valence electrons. The molecule has 0 rings (SSSR count). The van der Waals surface area contributed by atoms with Gasteiger partial charge >= 0.3 is 29.6 Å². The van der Waals surface area contributed by atoms with Crippen molar-refractivity contribution < 1.29 is 44.3 Å². The summed E-state index contributed by atoms with van der Waals surface area (Å²) in [7, 11) is 0. The summed E-state index contributed by atoms with van der Waals surface area (Å²) < 4.78 is 0. The maximum atomic E-state index is 11.2. The first-order valence-electron chi connectivity index (χ1n) is 7.52. The molecule has 0 aliphatic heterocycles. The average Bonchev–Trinajstić information content (AvgIpc) is 2.36. The van der Waals surface area contributed by atoms with Crippen molar-refractivity contribution in [1.29, 1.82) is 0 Å². The number of hydrogen-bond donors (Lipinski definition) is 0. The normalized spacial score (nSPS) is 10.1. The van der Waals surface area contributed by atoms with Crippen LogP contribution in [-0.2, 0) is 9.59 Å². The zero-order valence-corrected chi connectivity index (χ0v) is 15.9. The van der Waals surface area contributed by atoms with Gasteiger partial charge in [-0.25, -0.2) is 0 Å². The monoisotopic (exact) mass is 310 g/mol. The van der Waals surface area contributed by atoms with Crippen molar-refractivity contribution in [3.63, 3.8) is 0 Å². The van der Waals surface area contributed by atoms with Crippen LogP contribution in [0.4, 0.5) is 0 Å². The molecule has 0 amide bonds. The van der Waals surface area contributed by atoms with E-state index in [4.69, 9.17) is 0 Å². The molecular formula is C15H27NaO3S. The van der Waals surface area contributed by atoms with Crippen molar-refractivity contribution >= 4 is 22.8 Å². The predicted octanol–water partition coefficient (Wildman–Crippen LogP) is 0.311. The van der Waals surface area contributed by atoms with Gasteiger partial charge in [0.05, 0.1) is 0 Å². The number of carbonyl (C=O) groups excluding carboxylic acids is 2. The zero-order chi connectivity index (χ0) is 14.3. The Morgan fingerprint density at radius 1 is 0.850 bits per heavy atom. The van der Waals surface area contributed by atoms with E-state index < -0.39 is 5.97 Å². The fourth-order valence-corrected chi connectivity index (χ4v) is 2.82. The van der Waals surface area contributed by atoms with E-state index in [2.05, 4.69) is 0 Å². The van der Waals surface area contributed by atoms with Gasteiger partial charge in [0.15, 0.2) is 5.12 Å². The smallest absolute Gasteiger partial charge is 0.550 e. The van der Waals surface area contributed by atoms with Crippen LogP contribution in [0.1, 0.15) is 77.6 Å². The molecule has 0 aromatic rings. The number of carboxylic acids is 1. The third kappa shape index (κ3) is 18.5. The van der Waals surface area contributed by atoms with Gasteiger partial charge < -0.3 is 9.90 Å².